The lowest BCUT2D eigenvalue weighted by molar-refractivity contribution is -0.138. The Bertz CT molecular complexity index is 518. The summed E-state index contributed by atoms with van der Waals surface area (Å²) in [6.07, 6.45) is -0.716. The zero-order valence-electron chi connectivity index (χ0n) is 9.16. The van der Waals surface area contributed by atoms with Gasteiger partial charge in [-0.05, 0) is 19.1 Å². The summed E-state index contributed by atoms with van der Waals surface area (Å²) in [7, 11) is -3.93. The number of aliphatic carboxylic acids is 1. The summed E-state index contributed by atoms with van der Waals surface area (Å²) in [6.45, 7) is 1.08. The van der Waals surface area contributed by atoms with Crippen molar-refractivity contribution >= 4 is 21.6 Å². The van der Waals surface area contributed by atoms with E-state index in [1.54, 1.807) is 6.07 Å². The molecule has 1 rings (SSSR count). The largest absolute Gasteiger partial charge is 0.481 e. The van der Waals surface area contributed by atoms with Gasteiger partial charge in [0.1, 0.15) is 11.0 Å². The lowest BCUT2D eigenvalue weighted by atomic mass is 10.2. The Labute approximate surface area is 99.0 Å². The molecule has 1 aromatic rings. The molecule has 0 aliphatic carbocycles. The number of carboxylic acids is 1. The summed E-state index contributed by atoms with van der Waals surface area (Å²) in [6, 6.07) is 7.36. The number of hydrogen-bond donors (Lipinski definition) is 1. The van der Waals surface area contributed by atoms with Gasteiger partial charge in [0.2, 0.25) is 0 Å². The van der Waals surface area contributed by atoms with Crippen LogP contribution >= 0.6 is 0 Å². The van der Waals surface area contributed by atoms with Gasteiger partial charge < -0.3 is 5.11 Å². The zero-order chi connectivity index (χ0) is 13.1. The van der Waals surface area contributed by atoms with Crippen LogP contribution in [0.4, 0.5) is 0 Å². The smallest absolute Gasteiger partial charge is 0.305 e. The van der Waals surface area contributed by atoms with Crippen LogP contribution in [0.5, 0.6) is 0 Å². The van der Waals surface area contributed by atoms with Gasteiger partial charge in [-0.1, -0.05) is 18.2 Å². The van der Waals surface area contributed by atoms with Gasteiger partial charge >= 0.3 is 5.97 Å². The molecule has 92 valence electrons. The Morgan fingerprint density at radius 1 is 1.24 bits per heavy atom. The molecule has 0 saturated carbocycles. The van der Waals surface area contributed by atoms with E-state index >= 15 is 0 Å². The fourth-order valence-electron chi connectivity index (χ4n) is 1.40. The van der Waals surface area contributed by atoms with Gasteiger partial charge in [-0.3, -0.25) is 9.59 Å². The predicted octanol–water partition coefficient (Wildman–Crippen LogP) is 0.893. The summed E-state index contributed by atoms with van der Waals surface area (Å²) >= 11 is 0. The van der Waals surface area contributed by atoms with Crippen LogP contribution in [0.25, 0.3) is 0 Å². The standard InChI is InChI=1S/C11H12O5S/c1-8(12)10(7-11(13)14)17(15,16)9-5-3-2-4-6-9/h2-6,10H,7H2,1H3,(H,13,14). The molecule has 17 heavy (non-hydrogen) atoms. The number of rotatable bonds is 5. The molecule has 0 bridgehead atoms. The molecule has 1 atom stereocenters. The normalized spacial score (nSPS) is 13.0. The molecule has 0 saturated heterocycles. The van der Waals surface area contributed by atoms with E-state index in [9.17, 15) is 18.0 Å². The molecule has 0 aromatic heterocycles. The van der Waals surface area contributed by atoms with Crippen molar-refractivity contribution in [3.05, 3.63) is 30.3 Å². The first kappa shape index (κ1) is 13.4. The molecule has 0 spiro atoms. The van der Waals surface area contributed by atoms with E-state index in [4.69, 9.17) is 5.11 Å². The third-order valence-electron chi connectivity index (χ3n) is 2.26. The second-order valence-corrected chi connectivity index (χ2v) is 5.69. The van der Waals surface area contributed by atoms with Gasteiger partial charge in [0.05, 0.1) is 11.3 Å². The van der Waals surface area contributed by atoms with E-state index in [1.807, 2.05) is 0 Å². The first-order valence-electron chi connectivity index (χ1n) is 4.87. The Balaban J connectivity index is 3.19. The minimum Gasteiger partial charge on any atom is -0.481 e. The van der Waals surface area contributed by atoms with Crippen molar-refractivity contribution in [1.29, 1.82) is 0 Å². The lowest BCUT2D eigenvalue weighted by Gasteiger charge is -2.12. The number of hydrogen-bond acceptors (Lipinski definition) is 4. The number of sulfone groups is 1. The molecule has 6 heteroatoms. The highest BCUT2D eigenvalue weighted by atomic mass is 32.2. The number of carbonyl (C=O) groups is 2. The van der Waals surface area contributed by atoms with Crippen LogP contribution in [0.1, 0.15) is 13.3 Å². The topological polar surface area (TPSA) is 88.5 Å². The zero-order valence-corrected chi connectivity index (χ0v) is 9.98. The van der Waals surface area contributed by atoms with Crippen LogP contribution in [0.15, 0.2) is 35.2 Å². The maximum Gasteiger partial charge on any atom is 0.305 e. The molecule has 1 aromatic carbocycles. The highest BCUT2D eigenvalue weighted by Gasteiger charge is 2.33. The first-order chi connectivity index (χ1) is 7.85. The van der Waals surface area contributed by atoms with Gasteiger partial charge in [-0.2, -0.15) is 0 Å². The van der Waals surface area contributed by atoms with Crippen molar-refractivity contribution in [2.24, 2.45) is 0 Å². The first-order valence-corrected chi connectivity index (χ1v) is 6.41. The molecule has 5 nitrogen and oxygen atoms in total. The summed E-state index contributed by atoms with van der Waals surface area (Å²) in [5.41, 5.74) is 0. The minimum atomic E-state index is -3.93. The Hall–Kier alpha value is -1.69. The number of carbonyl (C=O) groups excluding carboxylic acids is 1. The van der Waals surface area contributed by atoms with E-state index in [0.29, 0.717) is 0 Å². The third-order valence-corrected chi connectivity index (χ3v) is 4.44. The van der Waals surface area contributed by atoms with Crippen molar-refractivity contribution < 1.29 is 23.1 Å². The number of benzene rings is 1. The van der Waals surface area contributed by atoms with E-state index < -0.39 is 33.3 Å². The SMILES string of the molecule is CC(=O)C(CC(=O)O)S(=O)(=O)c1ccccc1. The maximum atomic E-state index is 12.0. The van der Waals surface area contributed by atoms with Gasteiger partial charge in [-0.15, -0.1) is 0 Å². The monoisotopic (exact) mass is 256 g/mol. The summed E-state index contributed by atoms with van der Waals surface area (Å²) in [5, 5.41) is 7.10. The molecular formula is C11H12O5S. The highest BCUT2D eigenvalue weighted by Crippen LogP contribution is 2.18. The Morgan fingerprint density at radius 3 is 2.18 bits per heavy atom. The van der Waals surface area contributed by atoms with E-state index in [1.165, 1.54) is 24.3 Å². The van der Waals surface area contributed by atoms with Crippen LogP contribution in [0.2, 0.25) is 0 Å². The molecule has 1 N–H and O–H groups in total. The third kappa shape index (κ3) is 3.13. The summed E-state index contributed by atoms with van der Waals surface area (Å²) in [5.74, 6) is -1.99. The lowest BCUT2D eigenvalue weighted by Crippen LogP contribution is -2.31. The van der Waals surface area contributed by atoms with Crippen LogP contribution < -0.4 is 0 Å². The van der Waals surface area contributed by atoms with Crippen molar-refractivity contribution in [1.82, 2.24) is 0 Å². The Morgan fingerprint density at radius 2 is 1.76 bits per heavy atom. The van der Waals surface area contributed by atoms with E-state index in [-0.39, 0.29) is 4.90 Å². The molecule has 0 fully saturated rings. The molecule has 0 radical (unpaired) electrons. The van der Waals surface area contributed by atoms with Crippen molar-refractivity contribution in [2.45, 2.75) is 23.5 Å². The van der Waals surface area contributed by atoms with Gasteiger partial charge in [0, 0.05) is 0 Å². The molecule has 0 aliphatic rings. The molecule has 1 unspecified atom stereocenters. The predicted molar refractivity (Wildman–Crippen MR) is 60.3 cm³/mol. The molecular weight excluding hydrogens is 244 g/mol. The van der Waals surface area contributed by atoms with Crippen molar-refractivity contribution in [3.63, 3.8) is 0 Å². The fraction of sp³-hybridized carbons (Fsp3) is 0.273. The van der Waals surface area contributed by atoms with E-state index in [2.05, 4.69) is 0 Å². The van der Waals surface area contributed by atoms with Crippen molar-refractivity contribution in [2.75, 3.05) is 0 Å². The van der Waals surface area contributed by atoms with E-state index in [0.717, 1.165) is 6.92 Å². The van der Waals surface area contributed by atoms with Crippen LogP contribution in [0, 0.1) is 0 Å². The number of carboxylic acid groups (broad SMARTS) is 1. The number of Topliss-reactive ketones (excluding diaryl/α,β-unsaturated/α-hetero) is 1. The highest BCUT2D eigenvalue weighted by molar-refractivity contribution is 7.92. The molecule has 0 aliphatic heterocycles. The molecule has 0 amide bonds. The average Bonchev–Trinajstić information content (AvgIpc) is 2.26. The minimum absolute atomic E-state index is 0.0403. The fourth-order valence-corrected chi connectivity index (χ4v) is 3.07. The Kier molecular flexibility index (Phi) is 4.01. The maximum absolute atomic E-state index is 12.0. The van der Waals surface area contributed by atoms with Crippen LogP contribution in [-0.2, 0) is 19.4 Å². The van der Waals surface area contributed by atoms with Gasteiger partial charge in [0.25, 0.3) is 0 Å². The van der Waals surface area contributed by atoms with Crippen LogP contribution in [0.3, 0.4) is 0 Å². The summed E-state index contributed by atoms with van der Waals surface area (Å²) in [4.78, 5) is 21.8. The second-order valence-electron chi connectivity index (χ2n) is 3.56. The van der Waals surface area contributed by atoms with Crippen molar-refractivity contribution in [3.8, 4) is 0 Å². The second kappa shape index (κ2) is 5.09. The van der Waals surface area contributed by atoms with Gasteiger partial charge in [0.15, 0.2) is 9.84 Å². The van der Waals surface area contributed by atoms with Crippen LogP contribution in [-0.4, -0.2) is 30.5 Å². The quantitative estimate of drug-likeness (QED) is 0.845. The van der Waals surface area contributed by atoms with Gasteiger partial charge in [-0.25, -0.2) is 8.42 Å². The summed E-state index contributed by atoms with van der Waals surface area (Å²) < 4.78 is 24.1. The average molecular weight is 256 g/mol. The number of ketones is 1. The molecule has 0 heterocycles.